The third kappa shape index (κ3) is 7.28. The van der Waals surface area contributed by atoms with Crippen molar-refractivity contribution in [3.05, 3.63) is 54.7 Å². The molecule has 2 aromatic heterocycles. The summed E-state index contributed by atoms with van der Waals surface area (Å²) in [6.45, 7) is 10.7. The molecule has 0 saturated carbocycles. The van der Waals surface area contributed by atoms with Gasteiger partial charge in [-0.15, -0.1) is 0 Å². The molecule has 2 atom stereocenters. The number of rotatable bonds is 11. The van der Waals surface area contributed by atoms with Gasteiger partial charge in [-0.1, -0.05) is 25.6 Å². The minimum atomic E-state index is -0.591. The molecule has 4 rings (SSSR count). The van der Waals surface area contributed by atoms with Crippen LogP contribution in [-0.2, 0) is 0 Å². The first kappa shape index (κ1) is 28.0. The zero-order chi connectivity index (χ0) is 27.1. The van der Waals surface area contributed by atoms with E-state index in [2.05, 4.69) is 36.4 Å². The molecule has 0 bridgehead atoms. The van der Waals surface area contributed by atoms with E-state index in [1.807, 2.05) is 18.7 Å². The van der Waals surface area contributed by atoms with Gasteiger partial charge in [-0.2, -0.15) is 4.98 Å². The van der Waals surface area contributed by atoms with Crippen molar-refractivity contribution < 1.29 is 18.0 Å². The Morgan fingerprint density at radius 2 is 2.00 bits per heavy atom. The number of halogens is 3. The maximum atomic E-state index is 14.3. The van der Waals surface area contributed by atoms with E-state index in [0.717, 1.165) is 50.0 Å². The fraction of sp³-hybridized carbons (Fsp3) is 0.538. The van der Waals surface area contributed by atoms with E-state index in [9.17, 15) is 8.78 Å². The van der Waals surface area contributed by atoms with E-state index in [0.29, 0.717) is 43.3 Å². The fourth-order valence-corrected chi connectivity index (χ4v) is 4.82. The van der Waals surface area contributed by atoms with Crippen LogP contribution in [0.4, 0.5) is 20.6 Å². The molecule has 38 heavy (non-hydrogen) atoms. The Hall–Kier alpha value is -3.05. The highest BCUT2D eigenvalue weighted by atomic mass is 35.5. The van der Waals surface area contributed by atoms with Crippen LogP contribution in [-0.4, -0.2) is 58.9 Å². The molecular formula is C26H34ClF2N7O2. The summed E-state index contributed by atoms with van der Waals surface area (Å²) in [5.41, 5.74) is 0. The Kier molecular flexibility index (Phi) is 9.68. The predicted molar refractivity (Wildman–Crippen MR) is 143 cm³/mol. The summed E-state index contributed by atoms with van der Waals surface area (Å²) in [6, 6.07) is 0.430. The molecule has 4 heterocycles. The predicted octanol–water partition coefficient (Wildman–Crippen LogP) is 5.11. The van der Waals surface area contributed by atoms with E-state index >= 15 is 0 Å². The first-order valence-corrected chi connectivity index (χ1v) is 13.2. The summed E-state index contributed by atoms with van der Waals surface area (Å²) in [4.78, 5) is 20.2. The largest absolute Gasteiger partial charge is 0.476 e. The van der Waals surface area contributed by atoms with Crippen LogP contribution in [0.25, 0.3) is 0 Å². The van der Waals surface area contributed by atoms with Crippen molar-refractivity contribution in [3.8, 4) is 5.88 Å². The Bertz CT molecular complexity index is 1120. The lowest BCUT2D eigenvalue weighted by atomic mass is 9.98. The van der Waals surface area contributed by atoms with Gasteiger partial charge in [0.15, 0.2) is 5.82 Å². The van der Waals surface area contributed by atoms with Gasteiger partial charge in [0.25, 0.3) is 0 Å². The number of hydrogen-bond acceptors (Lipinski definition) is 9. The molecule has 2 aliphatic heterocycles. The summed E-state index contributed by atoms with van der Waals surface area (Å²) in [6.07, 6.45) is 8.50. The number of hydrogen-bond donors (Lipinski definition) is 1. The normalized spacial score (nSPS) is 21.4. The Morgan fingerprint density at radius 3 is 2.63 bits per heavy atom. The van der Waals surface area contributed by atoms with Gasteiger partial charge in [0, 0.05) is 50.5 Å². The average molecular weight is 550 g/mol. The molecule has 9 nitrogen and oxygen atoms in total. The van der Waals surface area contributed by atoms with E-state index < -0.39 is 11.7 Å². The van der Waals surface area contributed by atoms with E-state index in [-0.39, 0.29) is 24.3 Å². The molecule has 2 fully saturated rings. The van der Waals surface area contributed by atoms with Crippen LogP contribution in [0.5, 0.6) is 5.88 Å². The summed E-state index contributed by atoms with van der Waals surface area (Å²) in [5.74, 6) is 1.35. The fourth-order valence-electron chi connectivity index (χ4n) is 4.58. The Labute approximate surface area is 226 Å². The Balaban J connectivity index is 1.24. The highest BCUT2D eigenvalue weighted by Gasteiger charge is 2.34. The smallest absolute Gasteiger partial charge is 0.324 e. The van der Waals surface area contributed by atoms with Crippen molar-refractivity contribution >= 4 is 23.6 Å². The molecule has 0 aromatic carbocycles. The maximum absolute atomic E-state index is 14.3. The molecule has 0 aliphatic carbocycles. The van der Waals surface area contributed by atoms with Crippen LogP contribution in [0.2, 0.25) is 0 Å². The lowest BCUT2D eigenvalue weighted by Gasteiger charge is -2.30. The van der Waals surface area contributed by atoms with Crippen LogP contribution in [0.3, 0.4) is 0 Å². The number of nitrogens with zero attached hydrogens (tertiary/aromatic N) is 6. The second-order valence-electron chi connectivity index (χ2n) is 10.00. The van der Waals surface area contributed by atoms with Crippen molar-refractivity contribution in [3.63, 3.8) is 0 Å². The van der Waals surface area contributed by atoms with Gasteiger partial charge >= 0.3 is 6.01 Å². The standard InChI is InChI=1S/C26H34ClF2N7O2/c1-4-20(28)5-6-21(29)11-19-14-36(15-22(19)33-27)23-12-31-24(13-30-23)37-16-18-7-9-35(10-8-18)26-32-25(17(2)3)34-38-26/h4-6,12-13,17-19,22,33H,1,7-11,14-16H2,2-3H3/b20-5+,21-6+/t19-,22-/m0/s1. The van der Waals surface area contributed by atoms with E-state index in [1.54, 1.807) is 12.4 Å². The first-order valence-electron chi connectivity index (χ1n) is 12.8. The van der Waals surface area contributed by atoms with Crippen LogP contribution in [0.15, 0.2) is 53.4 Å². The zero-order valence-corrected chi connectivity index (χ0v) is 22.4. The number of nitrogens with one attached hydrogen (secondary N) is 1. The van der Waals surface area contributed by atoms with Gasteiger partial charge < -0.3 is 19.1 Å². The number of ether oxygens (including phenoxy) is 1. The molecule has 2 aliphatic rings. The van der Waals surface area contributed by atoms with Crippen LogP contribution < -0.4 is 19.4 Å². The number of aromatic nitrogens is 4. The third-order valence-corrected chi connectivity index (χ3v) is 7.17. The van der Waals surface area contributed by atoms with Crippen molar-refractivity contribution in [2.24, 2.45) is 11.8 Å². The van der Waals surface area contributed by atoms with Gasteiger partial charge in [0.2, 0.25) is 5.88 Å². The van der Waals surface area contributed by atoms with Gasteiger partial charge in [-0.3, -0.25) is 0 Å². The summed E-state index contributed by atoms with van der Waals surface area (Å²) < 4.78 is 38.8. The van der Waals surface area contributed by atoms with Gasteiger partial charge in [0.05, 0.1) is 19.0 Å². The molecule has 2 saturated heterocycles. The van der Waals surface area contributed by atoms with E-state index in [1.165, 1.54) is 0 Å². The first-order chi connectivity index (χ1) is 18.4. The summed E-state index contributed by atoms with van der Waals surface area (Å²) in [5, 5.41) is 4.05. The molecular weight excluding hydrogens is 516 g/mol. The minimum absolute atomic E-state index is 0.114. The molecule has 0 spiro atoms. The number of piperidine rings is 1. The quantitative estimate of drug-likeness (QED) is 0.303. The van der Waals surface area contributed by atoms with E-state index in [4.69, 9.17) is 21.0 Å². The lowest BCUT2D eigenvalue weighted by molar-refractivity contribution is 0.213. The minimum Gasteiger partial charge on any atom is -0.476 e. The van der Waals surface area contributed by atoms with Crippen molar-refractivity contribution in [1.82, 2.24) is 24.9 Å². The van der Waals surface area contributed by atoms with Gasteiger partial charge in [-0.05, 0) is 48.8 Å². The van der Waals surface area contributed by atoms with Crippen molar-refractivity contribution in [2.75, 3.05) is 42.6 Å². The van der Waals surface area contributed by atoms with Crippen LogP contribution in [0, 0.1) is 11.8 Å². The molecule has 0 radical (unpaired) electrons. The maximum Gasteiger partial charge on any atom is 0.324 e. The molecule has 0 amide bonds. The summed E-state index contributed by atoms with van der Waals surface area (Å²) >= 11 is 5.91. The second kappa shape index (κ2) is 13.1. The zero-order valence-electron chi connectivity index (χ0n) is 21.7. The number of allylic oxidation sites excluding steroid dienone is 5. The van der Waals surface area contributed by atoms with Crippen molar-refractivity contribution in [1.29, 1.82) is 0 Å². The molecule has 1 N–H and O–H groups in total. The van der Waals surface area contributed by atoms with Gasteiger partial charge in [-0.25, -0.2) is 23.6 Å². The highest BCUT2D eigenvalue weighted by Crippen LogP contribution is 2.29. The molecule has 2 aromatic rings. The second-order valence-corrected chi connectivity index (χ2v) is 10.2. The lowest BCUT2D eigenvalue weighted by Crippen LogP contribution is -2.35. The van der Waals surface area contributed by atoms with Crippen LogP contribution in [0.1, 0.15) is 44.9 Å². The Morgan fingerprint density at radius 1 is 1.21 bits per heavy atom. The average Bonchev–Trinajstić information content (AvgIpc) is 3.59. The summed E-state index contributed by atoms with van der Waals surface area (Å²) in [7, 11) is 0. The van der Waals surface area contributed by atoms with Crippen molar-refractivity contribution in [2.45, 2.75) is 45.1 Å². The van der Waals surface area contributed by atoms with Crippen LogP contribution >= 0.6 is 11.8 Å². The van der Waals surface area contributed by atoms with Gasteiger partial charge in [0.1, 0.15) is 17.5 Å². The molecule has 0 unspecified atom stereocenters. The molecule has 206 valence electrons. The highest BCUT2D eigenvalue weighted by molar-refractivity contribution is 6.13. The molecule has 12 heteroatoms. The monoisotopic (exact) mass is 549 g/mol. The SMILES string of the molecule is C=C/C(F)=C\C=C(\F)C[C@H]1CN(c2cnc(OCC3CCN(c4nc(C(C)C)no4)CC3)cn2)C[C@@H]1NCl. The topological polar surface area (TPSA) is 92.4 Å². The third-order valence-electron chi connectivity index (χ3n) is 6.89. The number of anilines is 2.